The van der Waals surface area contributed by atoms with Gasteiger partial charge in [0.2, 0.25) is 0 Å². The molecule has 2 N–H and O–H groups in total. The minimum absolute atomic E-state index is 0.994. The lowest BCUT2D eigenvalue weighted by Crippen LogP contribution is -1.52. The van der Waals surface area contributed by atoms with Crippen molar-refractivity contribution in [1.29, 1.82) is 0 Å². The summed E-state index contributed by atoms with van der Waals surface area (Å²) < 4.78 is 8.70. The standard InChI is InChI=1S/C6H10.HO3P/c1-3-5-6-4-2;1-4(2)3/h3-4H2,1-2H3;(H-,1,2,3)/p+1. The Kier molecular flexibility index (Phi) is 14.0. The van der Waals surface area contributed by atoms with Crippen LogP contribution < -0.4 is 0 Å². The van der Waals surface area contributed by atoms with Crippen molar-refractivity contribution >= 4 is 8.25 Å². The molecule has 10 heavy (non-hydrogen) atoms. The van der Waals surface area contributed by atoms with Gasteiger partial charge in [-0.25, -0.2) is 0 Å². The highest BCUT2D eigenvalue weighted by molar-refractivity contribution is 7.30. The molecule has 0 atom stereocenters. The molecule has 0 aliphatic heterocycles. The molecule has 0 rings (SSSR count). The lowest BCUT2D eigenvalue weighted by molar-refractivity contribution is 0.405. The molecule has 0 aromatic carbocycles. The van der Waals surface area contributed by atoms with Crippen LogP contribution in [0.1, 0.15) is 26.7 Å². The van der Waals surface area contributed by atoms with Gasteiger partial charge in [0.05, 0.1) is 0 Å². The molecule has 0 bridgehead atoms. The van der Waals surface area contributed by atoms with E-state index in [4.69, 9.17) is 14.4 Å². The number of hydrogen-bond acceptors (Lipinski definition) is 1. The molecule has 0 spiro atoms. The molecule has 0 aromatic rings. The van der Waals surface area contributed by atoms with Crippen LogP contribution in [-0.4, -0.2) is 9.79 Å². The lowest BCUT2D eigenvalue weighted by atomic mass is 10.4. The first-order valence-corrected chi connectivity index (χ1v) is 4.12. The first-order valence-electron chi connectivity index (χ1n) is 2.95. The maximum absolute atomic E-state index is 8.70. The summed E-state index contributed by atoms with van der Waals surface area (Å²) in [6.07, 6.45) is 1.99. The van der Waals surface area contributed by atoms with Gasteiger partial charge in [0.1, 0.15) is 0 Å². The van der Waals surface area contributed by atoms with Crippen LogP contribution in [-0.2, 0) is 4.57 Å². The smallest absolute Gasteiger partial charge is 0.134 e. The van der Waals surface area contributed by atoms with Gasteiger partial charge in [0, 0.05) is 17.4 Å². The second-order valence-corrected chi connectivity index (χ2v) is 1.82. The topological polar surface area (TPSA) is 57.5 Å². The highest BCUT2D eigenvalue weighted by Gasteiger charge is 1.93. The maximum Gasteiger partial charge on any atom is 0.692 e. The fraction of sp³-hybridized carbons (Fsp3) is 0.667. The van der Waals surface area contributed by atoms with E-state index in [0.717, 1.165) is 12.8 Å². The van der Waals surface area contributed by atoms with Gasteiger partial charge in [-0.1, -0.05) is 13.8 Å². The Labute approximate surface area is 62.0 Å². The van der Waals surface area contributed by atoms with Crippen molar-refractivity contribution < 1.29 is 14.4 Å². The van der Waals surface area contributed by atoms with Crippen LogP contribution in [0.25, 0.3) is 0 Å². The van der Waals surface area contributed by atoms with E-state index in [1.165, 1.54) is 0 Å². The van der Waals surface area contributed by atoms with E-state index >= 15 is 0 Å². The van der Waals surface area contributed by atoms with Gasteiger partial charge in [-0.3, -0.25) is 0 Å². The molecule has 0 unspecified atom stereocenters. The molecule has 0 saturated carbocycles. The van der Waals surface area contributed by atoms with Crippen molar-refractivity contribution in [3.63, 3.8) is 0 Å². The zero-order chi connectivity index (χ0) is 8.41. The molecule has 0 saturated heterocycles. The SMILES string of the molecule is CCC#CCC.O=[P+](O)O. The lowest BCUT2D eigenvalue weighted by Gasteiger charge is -1.65. The third-order valence-corrected chi connectivity index (χ3v) is 0.479. The zero-order valence-electron chi connectivity index (χ0n) is 6.16. The van der Waals surface area contributed by atoms with E-state index in [-0.39, 0.29) is 0 Å². The van der Waals surface area contributed by atoms with Crippen LogP contribution in [0, 0.1) is 11.8 Å². The summed E-state index contributed by atoms with van der Waals surface area (Å²) in [6.45, 7) is 4.12. The number of rotatable bonds is 0. The highest BCUT2D eigenvalue weighted by Crippen LogP contribution is 1.98. The summed E-state index contributed by atoms with van der Waals surface area (Å²) in [4.78, 5) is 14.2. The van der Waals surface area contributed by atoms with Gasteiger partial charge in [0.25, 0.3) is 0 Å². The molecule has 58 valence electrons. The normalized spacial score (nSPS) is 6.40. The third kappa shape index (κ3) is 49.3. The monoisotopic (exact) mass is 163 g/mol. The summed E-state index contributed by atoms with van der Waals surface area (Å²) in [5, 5.41) is 0. The van der Waals surface area contributed by atoms with Gasteiger partial charge >= 0.3 is 8.25 Å². The van der Waals surface area contributed by atoms with Gasteiger partial charge in [-0.15, -0.1) is 21.6 Å². The molecule has 4 heteroatoms. The quantitative estimate of drug-likeness (QED) is 0.419. The predicted molar refractivity (Wildman–Crippen MR) is 40.4 cm³/mol. The summed E-state index contributed by atoms with van der Waals surface area (Å²) in [7, 11) is -2.87. The predicted octanol–water partition coefficient (Wildman–Crippen LogP) is 1.44. The third-order valence-electron chi connectivity index (χ3n) is 0.479. The van der Waals surface area contributed by atoms with Crippen molar-refractivity contribution in [1.82, 2.24) is 0 Å². The highest BCUT2D eigenvalue weighted by atomic mass is 31.1. The van der Waals surface area contributed by atoms with E-state index in [0.29, 0.717) is 0 Å². The molecule has 0 aliphatic rings. The van der Waals surface area contributed by atoms with Crippen LogP contribution >= 0.6 is 8.25 Å². The Morgan fingerprint density at radius 3 is 1.50 bits per heavy atom. The molecule has 0 aliphatic carbocycles. The van der Waals surface area contributed by atoms with Gasteiger partial charge in [-0.05, 0) is 0 Å². The second kappa shape index (κ2) is 11.4. The second-order valence-electron chi connectivity index (χ2n) is 1.31. The van der Waals surface area contributed by atoms with E-state index < -0.39 is 8.25 Å². The Hall–Kier alpha value is -0.420. The summed E-state index contributed by atoms with van der Waals surface area (Å²) in [5.41, 5.74) is 0. The summed E-state index contributed by atoms with van der Waals surface area (Å²) in [5.74, 6) is 5.90. The Bertz CT molecular complexity index is 122. The Morgan fingerprint density at radius 2 is 1.40 bits per heavy atom. The Balaban J connectivity index is 0. The first-order chi connectivity index (χ1) is 4.65. The van der Waals surface area contributed by atoms with E-state index in [2.05, 4.69) is 25.7 Å². The fourth-order valence-corrected chi connectivity index (χ4v) is 0.250. The largest absolute Gasteiger partial charge is 0.692 e. The van der Waals surface area contributed by atoms with Gasteiger partial charge in [-0.2, -0.15) is 0 Å². The molecule has 0 aromatic heterocycles. The van der Waals surface area contributed by atoms with Crippen LogP contribution in [0.5, 0.6) is 0 Å². The van der Waals surface area contributed by atoms with Crippen LogP contribution in [0.3, 0.4) is 0 Å². The van der Waals surface area contributed by atoms with E-state index in [1.807, 2.05) is 0 Å². The van der Waals surface area contributed by atoms with Crippen molar-refractivity contribution in [2.24, 2.45) is 0 Å². The van der Waals surface area contributed by atoms with E-state index in [9.17, 15) is 0 Å². The number of hydrogen-bond donors (Lipinski definition) is 2. The van der Waals surface area contributed by atoms with Gasteiger partial charge < -0.3 is 0 Å². The minimum atomic E-state index is -2.87. The zero-order valence-corrected chi connectivity index (χ0v) is 7.06. The summed E-state index contributed by atoms with van der Waals surface area (Å²) >= 11 is 0. The maximum atomic E-state index is 8.70. The van der Waals surface area contributed by atoms with Crippen molar-refractivity contribution in [3.8, 4) is 11.8 Å². The van der Waals surface area contributed by atoms with Crippen LogP contribution in [0.15, 0.2) is 0 Å². The van der Waals surface area contributed by atoms with Crippen molar-refractivity contribution in [2.45, 2.75) is 26.7 Å². The van der Waals surface area contributed by atoms with E-state index in [1.54, 1.807) is 0 Å². The molecular weight excluding hydrogens is 151 g/mol. The molecule has 0 radical (unpaired) electrons. The Morgan fingerprint density at radius 1 is 1.20 bits per heavy atom. The first kappa shape index (κ1) is 12.3. The molecular formula is C6H12O3P+. The fourth-order valence-electron chi connectivity index (χ4n) is 0.250. The molecule has 3 nitrogen and oxygen atoms in total. The summed E-state index contributed by atoms with van der Waals surface area (Å²) in [6, 6.07) is 0. The molecule has 0 amide bonds. The van der Waals surface area contributed by atoms with Crippen molar-refractivity contribution in [3.05, 3.63) is 0 Å². The average molecular weight is 163 g/mol. The average Bonchev–Trinajstić information content (AvgIpc) is 1.82. The van der Waals surface area contributed by atoms with Crippen molar-refractivity contribution in [2.75, 3.05) is 0 Å². The van der Waals surface area contributed by atoms with Gasteiger partial charge in [0.15, 0.2) is 0 Å². The molecule has 0 heterocycles. The molecule has 0 fully saturated rings. The van der Waals surface area contributed by atoms with Crippen LogP contribution in [0.2, 0.25) is 0 Å². The minimum Gasteiger partial charge on any atom is -0.134 e. The van der Waals surface area contributed by atoms with Crippen LogP contribution in [0.4, 0.5) is 0 Å².